The second-order valence-electron chi connectivity index (χ2n) is 14.7. The fraction of sp³-hybridized carbons (Fsp3) is 0.710. The number of carbonyl (C=O) groups excluding carboxylic acids is 1. The second-order valence-corrected chi connectivity index (χ2v) is 17.1. The number of nitrogens with two attached hydrogens (primary N) is 1. The van der Waals surface area contributed by atoms with Gasteiger partial charge >= 0.3 is 6.03 Å². The molecule has 5 atom stereocenters. The van der Waals surface area contributed by atoms with Crippen molar-refractivity contribution < 1.29 is 23.8 Å². The number of rotatable bonds is 8. The van der Waals surface area contributed by atoms with Crippen LogP contribution in [-0.2, 0) is 13.9 Å². The Hall–Kier alpha value is -1.91. The Morgan fingerprint density at radius 2 is 1.65 bits per heavy atom. The number of carbonyl (C=O) groups is 1. The number of aliphatic hydroxyl groups excluding tert-OH is 1. The van der Waals surface area contributed by atoms with Crippen molar-refractivity contribution in [2.45, 2.75) is 118 Å². The van der Waals surface area contributed by atoms with Gasteiger partial charge in [-0.25, -0.2) is 4.79 Å². The molecule has 1 saturated heterocycles. The molecule has 0 bridgehead atoms. The number of benzene rings is 1. The number of nitrogens with zero attached hydrogens (tertiary/aromatic N) is 2. The van der Waals surface area contributed by atoms with Crippen LogP contribution in [0.4, 0.5) is 4.79 Å². The standard InChI is InChI=1S/C31H53N3O5Si/c1-29(2,3)25(20-15-13-12-14-16-20)37-19-21-18-33(28(36)34(27(21)32)31(7,8)9)23-17-22(35)24(38-23)26(30(4,5)6)39-40(10)11/h12-16,22-26,35,40H,17-19,32H2,1-11H3/t22-,23+,24-,25?,26?/m0/s1. The van der Waals surface area contributed by atoms with Crippen LogP contribution in [-0.4, -0.2) is 73.2 Å². The molecule has 2 unspecified atom stereocenters. The molecule has 40 heavy (non-hydrogen) atoms. The molecule has 8 nitrogen and oxygen atoms in total. The highest BCUT2D eigenvalue weighted by Crippen LogP contribution is 2.39. The van der Waals surface area contributed by atoms with Gasteiger partial charge in [-0.05, 0) is 50.3 Å². The summed E-state index contributed by atoms with van der Waals surface area (Å²) in [5, 5.41) is 11.2. The van der Waals surface area contributed by atoms with Crippen LogP contribution in [0.1, 0.15) is 80.4 Å². The lowest BCUT2D eigenvalue weighted by Gasteiger charge is -2.46. The maximum absolute atomic E-state index is 13.9. The number of hydrogen-bond donors (Lipinski definition) is 2. The first-order valence-corrected chi connectivity index (χ1v) is 17.3. The zero-order chi connectivity index (χ0) is 30.2. The lowest BCUT2D eigenvalue weighted by Crippen LogP contribution is -2.59. The van der Waals surface area contributed by atoms with Crippen molar-refractivity contribution in [3.05, 3.63) is 47.3 Å². The van der Waals surface area contributed by atoms with E-state index >= 15 is 0 Å². The quantitative estimate of drug-likeness (QED) is 0.404. The van der Waals surface area contributed by atoms with E-state index in [1.165, 1.54) is 0 Å². The molecule has 9 heteroatoms. The van der Waals surface area contributed by atoms with E-state index in [0.717, 1.165) is 11.1 Å². The van der Waals surface area contributed by atoms with Gasteiger partial charge < -0.3 is 24.7 Å². The summed E-state index contributed by atoms with van der Waals surface area (Å²) in [6, 6.07) is 9.96. The highest BCUT2D eigenvalue weighted by atomic mass is 28.3. The van der Waals surface area contributed by atoms with Gasteiger partial charge in [0.2, 0.25) is 0 Å². The Bertz CT molecular complexity index is 1040. The first kappa shape index (κ1) is 32.6. The minimum Gasteiger partial charge on any atom is -0.414 e. The normalized spacial score (nSPS) is 24.7. The molecule has 2 aliphatic heterocycles. The zero-order valence-corrected chi connectivity index (χ0v) is 27.7. The van der Waals surface area contributed by atoms with E-state index in [9.17, 15) is 9.90 Å². The van der Waals surface area contributed by atoms with Crippen LogP contribution in [0.15, 0.2) is 41.7 Å². The maximum Gasteiger partial charge on any atom is 0.328 e. The average Bonchev–Trinajstić information content (AvgIpc) is 3.17. The second kappa shape index (κ2) is 12.1. The van der Waals surface area contributed by atoms with Crippen LogP contribution >= 0.6 is 0 Å². The molecule has 1 aromatic rings. The van der Waals surface area contributed by atoms with Gasteiger partial charge in [0.25, 0.3) is 0 Å². The lowest BCUT2D eigenvalue weighted by atomic mass is 9.84. The number of amides is 2. The van der Waals surface area contributed by atoms with Crippen molar-refractivity contribution >= 4 is 15.1 Å². The smallest absolute Gasteiger partial charge is 0.328 e. The fourth-order valence-corrected chi connectivity index (χ4v) is 6.75. The molecule has 1 fully saturated rings. The van der Waals surface area contributed by atoms with Crippen molar-refractivity contribution in [3.63, 3.8) is 0 Å². The van der Waals surface area contributed by atoms with E-state index in [1.807, 2.05) is 39.0 Å². The maximum atomic E-state index is 13.9. The minimum absolute atomic E-state index is 0.155. The molecule has 3 N–H and O–H groups in total. The van der Waals surface area contributed by atoms with Gasteiger partial charge in [0.1, 0.15) is 18.2 Å². The molecule has 0 radical (unpaired) electrons. The van der Waals surface area contributed by atoms with Crippen molar-refractivity contribution in [1.29, 1.82) is 0 Å². The molecule has 1 aromatic carbocycles. The van der Waals surface area contributed by atoms with Crippen LogP contribution in [0.25, 0.3) is 0 Å². The summed E-state index contributed by atoms with van der Waals surface area (Å²) < 4.78 is 19.4. The third kappa shape index (κ3) is 7.48. The van der Waals surface area contributed by atoms with E-state index < -0.39 is 33.0 Å². The van der Waals surface area contributed by atoms with Gasteiger partial charge in [0.15, 0.2) is 9.04 Å². The summed E-state index contributed by atoms with van der Waals surface area (Å²) >= 11 is 0. The molecule has 226 valence electrons. The van der Waals surface area contributed by atoms with E-state index in [-0.39, 0.29) is 42.2 Å². The Balaban J connectivity index is 1.90. The van der Waals surface area contributed by atoms with Crippen molar-refractivity contribution in [3.8, 4) is 0 Å². The Kier molecular flexibility index (Phi) is 9.89. The lowest BCUT2D eigenvalue weighted by molar-refractivity contribution is -0.118. The summed E-state index contributed by atoms with van der Waals surface area (Å²) in [5.41, 5.74) is 7.64. The van der Waals surface area contributed by atoms with Gasteiger partial charge in [0, 0.05) is 17.5 Å². The van der Waals surface area contributed by atoms with Gasteiger partial charge in [-0.2, -0.15) is 0 Å². The first-order valence-electron chi connectivity index (χ1n) is 14.6. The molecule has 0 saturated carbocycles. The minimum atomic E-state index is -1.41. The Labute approximate surface area is 243 Å². The monoisotopic (exact) mass is 575 g/mol. The van der Waals surface area contributed by atoms with Gasteiger partial charge in [-0.3, -0.25) is 9.80 Å². The number of ether oxygens (including phenoxy) is 2. The fourth-order valence-electron chi connectivity index (χ4n) is 5.60. The van der Waals surface area contributed by atoms with Gasteiger partial charge in [-0.1, -0.05) is 71.9 Å². The molecular formula is C31H53N3O5Si. The van der Waals surface area contributed by atoms with Crippen LogP contribution < -0.4 is 5.73 Å². The highest BCUT2D eigenvalue weighted by molar-refractivity contribution is 6.48. The van der Waals surface area contributed by atoms with E-state index in [1.54, 1.807) is 9.80 Å². The summed E-state index contributed by atoms with van der Waals surface area (Å²) in [5.74, 6) is 0.422. The first-order chi connectivity index (χ1) is 18.3. The van der Waals surface area contributed by atoms with Crippen molar-refractivity contribution in [1.82, 2.24) is 9.80 Å². The zero-order valence-electron chi connectivity index (χ0n) is 26.5. The molecule has 3 rings (SSSR count). The molecular weight excluding hydrogens is 522 g/mol. The van der Waals surface area contributed by atoms with Gasteiger partial charge in [-0.15, -0.1) is 0 Å². The largest absolute Gasteiger partial charge is 0.414 e. The van der Waals surface area contributed by atoms with Gasteiger partial charge in [0.05, 0.1) is 31.5 Å². The third-order valence-corrected chi connectivity index (χ3v) is 8.28. The third-order valence-electron chi connectivity index (χ3n) is 7.44. The molecule has 2 heterocycles. The van der Waals surface area contributed by atoms with Crippen molar-refractivity contribution in [2.24, 2.45) is 16.6 Å². The van der Waals surface area contributed by atoms with E-state index in [0.29, 0.717) is 12.2 Å². The van der Waals surface area contributed by atoms with Crippen LogP contribution in [0.5, 0.6) is 0 Å². The molecule has 2 amide bonds. The SMILES string of the molecule is C[SiH](C)OC([C@H]1O[C@@H](N2CC(COC(c3ccccc3)C(C)(C)C)=C(N)N(C(C)(C)C)C2=O)C[C@@H]1O)C(C)(C)C. The Morgan fingerprint density at radius 3 is 2.15 bits per heavy atom. The summed E-state index contributed by atoms with van der Waals surface area (Å²) in [7, 11) is -1.41. The molecule has 0 aromatic heterocycles. The summed E-state index contributed by atoms with van der Waals surface area (Å²) in [6.45, 7) is 23.4. The van der Waals surface area contributed by atoms with Crippen molar-refractivity contribution in [2.75, 3.05) is 13.2 Å². The molecule has 0 aliphatic carbocycles. The summed E-state index contributed by atoms with van der Waals surface area (Å²) in [6.07, 6.45) is -2.00. The average molecular weight is 576 g/mol. The summed E-state index contributed by atoms with van der Waals surface area (Å²) in [4.78, 5) is 17.2. The number of urea groups is 1. The predicted molar refractivity (Wildman–Crippen MR) is 162 cm³/mol. The Morgan fingerprint density at radius 1 is 1.05 bits per heavy atom. The van der Waals surface area contributed by atoms with Crippen LogP contribution in [0.2, 0.25) is 13.1 Å². The van der Waals surface area contributed by atoms with E-state index in [2.05, 4.69) is 66.8 Å². The molecule has 2 aliphatic rings. The number of hydrogen-bond acceptors (Lipinski definition) is 6. The van der Waals surface area contributed by atoms with Crippen LogP contribution in [0, 0.1) is 10.8 Å². The highest BCUT2D eigenvalue weighted by Gasteiger charge is 2.49. The number of aliphatic hydroxyl groups is 1. The van der Waals surface area contributed by atoms with E-state index in [4.69, 9.17) is 19.6 Å². The predicted octanol–water partition coefficient (Wildman–Crippen LogP) is 5.39. The topological polar surface area (TPSA) is 97.5 Å². The molecule has 0 spiro atoms. The van der Waals surface area contributed by atoms with Crippen LogP contribution in [0.3, 0.4) is 0 Å².